The van der Waals surface area contributed by atoms with E-state index < -0.39 is 6.10 Å². The molecule has 1 fully saturated rings. The Kier molecular flexibility index (Phi) is 5.27. The lowest BCUT2D eigenvalue weighted by Crippen LogP contribution is -2.44. The Morgan fingerprint density at radius 1 is 1.45 bits per heavy atom. The van der Waals surface area contributed by atoms with E-state index in [1.807, 2.05) is 11.0 Å². The van der Waals surface area contributed by atoms with Gasteiger partial charge in [0.15, 0.2) is 0 Å². The maximum atomic E-state index is 12.4. The first-order chi connectivity index (χ1) is 9.56. The summed E-state index contributed by atoms with van der Waals surface area (Å²) >= 11 is 11.9. The molecule has 0 radical (unpaired) electrons. The summed E-state index contributed by atoms with van der Waals surface area (Å²) in [7, 11) is 1.50. The number of hydrogen-bond acceptors (Lipinski definition) is 3. The molecule has 1 aliphatic carbocycles. The van der Waals surface area contributed by atoms with Crippen LogP contribution >= 0.6 is 23.2 Å². The van der Waals surface area contributed by atoms with Gasteiger partial charge in [0.2, 0.25) is 0 Å². The molecular weight excluding hydrogens is 299 g/mol. The molecule has 0 spiro atoms. The quantitative estimate of drug-likeness (QED) is 0.877. The second-order valence-electron chi connectivity index (χ2n) is 4.91. The van der Waals surface area contributed by atoms with Crippen LogP contribution in [0.2, 0.25) is 10.0 Å². The number of amides is 1. The molecule has 1 aromatic carbocycles. The Morgan fingerprint density at radius 2 is 2.15 bits per heavy atom. The van der Waals surface area contributed by atoms with Crippen LogP contribution in [0.15, 0.2) is 18.2 Å². The van der Waals surface area contributed by atoms with Gasteiger partial charge < -0.3 is 15.4 Å². The van der Waals surface area contributed by atoms with Crippen molar-refractivity contribution in [1.82, 2.24) is 4.90 Å². The third-order valence-electron chi connectivity index (χ3n) is 3.38. The second-order valence-corrected chi connectivity index (χ2v) is 5.72. The molecule has 1 amide bonds. The first kappa shape index (κ1) is 15.6. The first-order valence-electron chi connectivity index (χ1n) is 6.54. The summed E-state index contributed by atoms with van der Waals surface area (Å²) < 4.78 is 5.14. The summed E-state index contributed by atoms with van der Waals surface area (Å²) in [4.78, 5) is 14.2. The standard InChI is InChI=1S/C14H18Cl2N2O2/c1-20-13(7-17)14(19)18(10-3-4-10)8-9-2-5-11(15)12(16)6-9/h2,5-6,10,13H,3-4,7-8,17H2,1H3. The van der Waals surface area contributed by atoms with Gasteiger partial charge in [-0.3, -0.25) is 4.79 Å². The van der Waals surface area contributed by atoms with Crippen molar-refractivity contribution >= 4 is 29.1 Å². The molecule has 0 bridgehead atoms. The number of halogens is 2. The van der Waals surface area contributed by atoms with E-state index in [0.29, 0.717) is 16.6 Å². The van der Waals surface area contributed by atoms with Gasteiger partial charge in [-0.05, 0) is 30.5 Å². The summed E-state index contributed by atoms with van der Waals surface area (Å²) in [5.41, 5.74) is 6.52. The molecule has 1 aromatic rings. The van der Waals surface area contributed by atoms with E-state index in [2.05, 4.69) is 0 Å². The third kappa shape index (κ3) is 3.64. The number of ether oxygens (including phenoxy) is 1. The Hall–Kier alpha value is -0.810. The number of carbonyl (C=O) groups excluding carboxylic acids is 1. The van der Waals surface area contributed by atoms with Crippen LogP contribution < -0.4 is 5.73 Å². The van der Waals surface area contributed by atoms with Gasteiger partial charge in [-0.15, -0.1) is 0 Å². The number of hydrogen-bond donors (Lipinski definition) is 1. The normalized spacial score (nSPS) is 16.0. The average Bonchev–Trinajstić information content (AvgIpc) is 3.25. The Balaban J connectivity index is 2.13. The predicted octanol–water partition coefficient (Wildman–Crippen LogP) is 2.46. The van der Waals surface area contributed by atoms with E-state index in [-0.39, 0.29) is 18.5 Å². The fourth-order valence-electron chi connectivity index (χ4n) is 2.09. The smallest absolute Gasteiger partial charge is 0.253 e. The third-order valence-corrected chi connectivity index (χ3v) is 4.12. The van der Waals surface area contributed by atoms with E-state index in [0.717, 1.165) is 18.4 Å². The largest absolute Gasteiger partial charge is 0.370 e. The molecule has 0 aromatic heterocycles. The molecule has 20 heavy (non-hydrogen) atoms. The summed E-state index contributed by atoms with van der Waals surface area (Å²) in [6.07, 6.45) is 1.46. The number of benzene rings is 1. The van der Waals surface area contributed by atoms with Crippen molar-refractivity contribution < 1.29 is 9.53 Å². The van der Waals surface area contributed by atoms with E-state index in [9.17, 15) is 4.79 Å². The van der Waals surface area contributed by atoms with Gasteiger partial charge in [0.1, 0.15) is 6.10 Å². The van der Waals surface area contributed by atoms with Crippen LogP contribution in [0.5, 0.6) is 0 Å². The van der Waals surface area contributed by atoms with Crippen molar-refractivity contribution in [1.29, 1.82) is 0 Å². The molecule has 0 saturated heterocycles. The number of nitrogens with zero attached hydrogens (tertiary/aromatic N) is 1. The average molecular weight is 317 g/mol. The van der Waals surface area contributed by atoms with Gasteiger partial charge >= 0.3 is 0 Å². The van der Waals surface area contributed by atoms with Gasteiger partial charge in [0, 0.05) is 26.2 Å². The van der Waals surface area contributed by atoms with Crippen molar-refractivity contribution in [2.24, 2.45) is 5.73 Å². The van der Waals surface area contributed by atoms with E-state index in [1.54, 1.807) is 12.1 Å². The minimum atomic E-state index is -0.585. The molecule has 2 N–H and O–H groups in total. The van der Waals surface area contributed by atoms with Crippen LogP contribution in [-0.2, 0) is 16.1 Å². The summed E-state index contributed by atoms with van der Waals surface area (Å²) in [6, 6.07) is 5.69. The Bertz CT molecular complexity index is 488. The number of nitrogens with two attached hydrogens (primary N) is 1. The highest BCUT2D eigenvalue weighted by molar-refractivity contribution is 6.42. The maximum absolute atomic E-state index is 12.4. The van der Waals surface area contributed by atoms with Gasteiger partial charge in [-0.25, -0.2) is 0 Å². The molecule has 1 saturated carbocycles. The van der Waals surface area contributed by atoms with E-state index >= 15 is 0 Å². The predicted molar refractivity (Wildman–Crippen MR) is 79.9 cm³/mol. The van der Waals surface area contributed by atoms with Crippen molar-refractivity contribution in [3.8, 4) is 0 Å². The van der Waals surface area contributed by atoms with Crippen molar-refractivity contribution in [3.05, 3.63) is 33.8 Å². The molecule has 0 heterocycles. The highest BCUT2D eigenvalue weighted by Crippen LogP contribution is 2.30. The topological polar surface area (TPSA) is 55.6 Å². The van der Waals surface area contributed by atoms with Crippen LogP contribution in [0, 0.1) is 0 Å². The zero-order valence-electron chi connectivity index (χ0n) is 11.3. The SMILES string of the molecule is COC(CN)C(=O)N(Cc1ccc(Cl)c(Cl)c1)C1CC1. The van der Waals surface area contributed by atoms with E-state index in [1.165, 1.54) is 7.11 Å². The number of methoxy groups -OCH3 is 1. The lowest BCUT2D eigenvalue weighted by atomic mass is 10.2. The zero-order valence-corrected chi connectivity index (χ0v) is 12.8. The fraction of sp³-hybridized carbons (Fsp3) is 0.500. The highest BCUT2D eigenvalue weighted by atomic mass is 35.5. The Labute approximate surface area is 128 Å². The monoisotopic (exact) mass is 316 g/mol. The maximum Gasteiger partial charge on any atom is 0.253 e. The van der Waals surface area contributed by atoms with Crippen molar-refractivity contribution in [3.63, 3.8) is 0 Å². The van der Waals surface area contributed by atoms with Crippen molar-refractivity contribution in [2.75, 3.05) is 13.7 Å². The summed E-state index contributed by atoms with van der Waals surface area (Å²) in [5, 5.41) is 1.01. The van der Waals surface area contributed by atoms with Crippen LogP contribution in [0.3, 0.4) is 0 Å². The molecule has 1 aliphatic rings. The van der Waals surface area contributed by atoms with Gasteiger partial charge in [0.05, 0.1) is 10.0 Å². The molecule has 1 atom stereocenters. The lowest BCUT2D eigenvalue weighted by molar-refractivity contribution is -0.142. The molecule has 2 rings (SSSR count). The molecular formula is C14H18Cl2N2O2. The molecule has 6 heteroatoms. The Morgan fingerprint density at radius 3 is 2.65 bits per heavy atom. The first-order valence-corrected chi connectivity index (χ1v) is 7.29. The zero-order chi connectivity index (χ0) is 14.7. The van der Waals surface area contributed by atoms with Gasteiger partial charge in [-0.2, -0.15) is 0 Å². The number of rotatable bonds is 6. The fourth-order valence-corrected chi connectivity index (χ4v) is 2.41. The van der Waals surface area contributed by atoms with Crippen LogP contribution in [0.4, 0.5) is 0 Å². The minimum absolute atomic E-state index is 0.0661. The van der Waals surface area contributed by atoms with Crippen LogP contribution in [0.25, 0.3) is 0 Å². The summed E-state index contributed by atoms with van der Waals surface area (Å²) in [5.74, 6) is -0.0661. The van der Waals surface area contributed by atoms with Gasteiger partial charge in [-0.1, -0.05) is 29.3 Å². The number of carbonyl (C=O) groups is 1. The molecule has 4 nitrogen and oxygen atoms in total. The molecule has 0 aliphatic heterocycles. The lowest BCUT2D eigenvalue weighted by Gasteiger charge is -2.26. The van der Waals surface area contributed by atoms with Crippen LogP contribution in [-0.4, -0.2) is 36.6 Å². The van der Waals surface area contributed by atoms with Crippen molar-refractivity contribution in [2.45, 2.75) is 31.5 Å². The minimum Gasteiger partial charge on any atom is -0.370 e. The summed E-state index contributed by atoms with van der Waals surface area (Å²) in [6.45, 7) is 0.681. The molecule has 110 valence electrons. The van der Waals surface area contributed by atoms with Gasteiger partial charge in [0.25, 0.3) is 5.91 Å². The second kappa shape index (κ2) is 6.76. The highest BCUT2D eigenvalue weighted by Gasteiger charge is 2.35. The van der Waals surface area contributed by atoms with Crippen LogP contribution in [0.1, 0.15) is 18.4 Å². The van der Waals surface area contributed by atoms with E-state index in [4.69, 9.17) is 33.7 Å². The molecule has 1 unspecified atom stereocenters.